The van der Waals surface area contributed by atoms with E-state index in [9.17, 15) is 4.79 Å². The molecule has 1 amide bonds. The maximum atomic E-state index is 15.0. The highest BCUT2D eigenvalue weighted by atomic mass is 16.5. The molecule has 0 atom stereocenters. The van der Waals surface area contributed by atoms with E-state index >= 15 is 4.79 Å². The minimum atomic E-state index is -0.407. The number of nitrogens with zero attached hydrogens (tertiary/aromatic N) is 3. The van der Waals surface area contributed by atoms with Crippen molar-refractivity contribution in [1.29, 1.82) is 0 Å². The number of likely N-dealkylation sites (N-methyl/N-ethyl adjacent to an activating group) is 1. The Morgan fingerprint density at radius 1 is 0.692 bits per heavy atom. The average molecular weight is 698 g/mol. The first kappa shape index (κ1) is 36.2. The Hall–Kier alpha value is -5.60. The van der Waals surface area contributed by atoms with Crippen LogP contribution in [0, 0.1) is 0 Å². The number of rotatable bonds is 13. The Morgan fingerprint density at radius 3 is 1.83 bits per heavy atom. The third-order valence-corrected chi connectivity index (χ3v) is 9.43. The van der Waals surface area contributed by atoms with Crippen LogP contribution in [0.3, 0.4) is 0 Å². The van der Waals surface area contributed by atoms with Crippen molar-refractivity contribution in [2.75, 3.05) is 50.1 Å². The number of ether oxygens (including phenoxy) is 3. The largest absolute Gasteiger partial charge is 0.488 e. The first-order chi connectivity index (χ1) is 25.3. The highest BCUT2D eigenvalue weighted by molar-refractivity contribution is 6.08. The van der Waals surface area contributed by atoms with Gasteiger partial charge in [-0.2, -0.15) is 0 Å². The van der Waals surface area contributed by atoms with E-state index in [2.05, 4.69) is 42.8 Å². The molecule has 5 aromatic carbocycles. The van der Waals surface area contributed by atoms with Crippen LogP contribution in [0.5, 0.6) is 11.5 Å². The molecule has 0 N–H and O–H groups in total. The fourth-order valence-electron chi connectivity index (χ4n) is 6.29. The van der Waals surface area contributed by atoms with Crippen molar-refractivity contribution in [3.8, 4) is 11.5 Å². The van der Waals surface area contributed by atoms with Gasteiger partial charge >= 0.3 is 5.97 Å². The van der Waals surface area contributed by atoms with Gasteiger partial charge in [-0.15, -0.1) is 0 Å². The predicted octanol–water partition coefficient (Wildman–Crippen LogP) is 8.35. The molecular formula is C44H47N3O5. The summed E-state index contributed by atoms with van der Waals surface area (Å²) in [5.41, 5.74) is 6.59. The number of piperazine rings is 1. The molecule has 0 saturated carbocycles. The number of carbonyl (C=O) groups is 2. The zero-order valence-electron chi connectivity index (χ0n) is 30.5. The molecule has 0 bridgehead atoms. The summed E-state index contributed by atoms with van der Waals surface area (Å²) >= 11 is 0. The van der Waals surface area contributed by atoms with Gasteiger partial charge in [0.25, 0.3) is 5.91 Å². The second kappa shape index (κ2) is 17.1. The maximum Gasteiger partial charge on any atom is 0.337 e. The highest BCUT2D eigenvalue weighted by Crippen LogP contribution is 2.37. The van der Waals surface area contributed by atoms with Gasteiger partial charge in [-0.25, -0.2) is 4.79 Å². The standard InChI is InChI=1S/C44H47N3O5/c1-32(2)39-27-40(42(52-31-35-13-9-6-10-14-35)28-41(39)51-30-34-11-7-5-8-12-34)43(48)47(29-33-15-17-36(18-16-33)44(49)50-4)38-21-19-37(20-22-38)46-25-23-45(3)24-26-46/h5-22,27-28,32H,23-26,29-31H2,1-4H3. The lowest BCUT2D eigenvalue weighted by atomic mass is 9.97. The molecule has 6 rings (SSSR count). The maximum absolute atomic E-state index is 15.0. The lowest BCUT2D eigenvalue weighted by Crippen LogP contribution is -2.44. The van der Waals surface area contributed by atoms with Crippen LogP contribution in [0.2, 0.25) is 0 Å². The number of benzene rings is 5. The van der Waals surface area contributed by atoms with Crippen molar-refractivity contribution in [2.24, 2.45) is 0 Å². The summed E-state index contributed by atoms with van der Waals surface area (Å²) in [7, 11) is 3.51. The molecule has 0 unspecified atom stereocenters. The quantitative estimate of drug-likeness (QED) is 0.115. The molecule has 1 saturated heterocycles. The van der Waals surface area contributed by atoms with Crippen LogP contribution < -0.4 is 19.3 Å². The van der Waals surface area contributed by atoms with E-state index < -0.39 is 5.97 Å². The molecular weight excluding hydrogens is 650 g/mol. The zero-order chi connectivity index (χ0) is 36.5. The molecule has 0 aromatic heterocycles. The van der Waals surface area contributed by atoms with Gasteiger partial charge in [-0.1, -0.05) is 86.6 Å². The van der Waals surface area contributed by atoms with Gasteiger partial charge < -0.3 is 28.9 Å². The third kappa shape index (κ3) is 9.00. The molecule has 0 radical (unpaired) electrons. The Bertz CT molecular complexity index is 1920. The molecule has 1 aliphatic heterocycles. The Labute approximate surface area is 307 Å². The molecule has 0 aliphatic carbocycles. The molecule has 1 heterocycles. The van der Waals surface area contributed by atoms with Crippen LogP contribution in [0.25, 0.3) is 0 Å². The van der Waals surface area contributed by atoms with Crippen molar-refractivity contribution in [2.45, 2.75) is 39.5 Å². The van der Waals surface area contributed by atoms with Gasteiger partial charge in [0.05, 0.1) is 24.8 Å². The summed E-state index contributed by atoms with van der Waals surface area (Å²) in [4.78, 5) is 33.7. The Balaban J connectivity index is 1.38. The molecule has 1 fully saturated rings. The second-order valence-corrected chi connectivity index (χ2v) is 13.5. The fraction of sp³-hybridized carbons (Fsp3) is 0.273. The lowest BCUT2D eigenvalue weighted by Gasteiger charge is -2.34. The van der Waals surface area contributed by atoms with Crippen LogP contribution in [0.15, 0.2) is 121 Å². The SMILES string of the molecule is COC(=O)c1ccc(CN(C(=O)c2cc(C(C)C)c(OCc3ccccc3)cc2OCc2ccccc2)c2ccc(N3CCN(C)CC3)cc2)cc1. The molecule has 5 aromatic rings. The van der Waals surface area contributed by atoms with Crippen molar-refractivity contribution in [3.63, 3.8) is 0 Å². The Morgan fingerprint density at radius 2 is 1.27 bits per heavy atom. The van der Waals surface area contributed by atoms with Crippen LogP contribution in [0.4, 0.5) is 11.4 Å². The number of carbonyl (C=O) groups excluding carboxylic acids is 2. The lowest BCUT2D eigenvalue weighted by molar-refractivity contribution is 0.0600. The average Bonchev–Trinajstić information content (AvgIpc) is 3.19. The molecule has 8 nitrogen and oxygen atoms in total. The first-order valence-corrected chi connectivity index (χ1v) is 17.8. The van der Waals surface area contributed by atoms with Crippen LogP contribution in [-0.2, 0) is 24.5 Å². The van der Waals surface area contributed by atoms with E-state index in [0.717, 1.165) is 59.8 Å². The van der Waals surface area contributed by atoms with E-state index in [1.807, 2.05) is 97.1 Å². The van der Waals surface area contributed by atoms with E-state index in [4.69, 9.17) is 14.2 Å². The summed E-state index contributed by atoms with van der Waals surface area (Å²) in [5.74, 6) is 0.586. The van der Waals surface area contributed by atoms with E-state index in [1.54, 1.807) is 17.0 Å². The van der Waals surface area contributed by atoms with Crippen molar-refractivity contribution in [3.05, 3.63) is 155 Å². The van der Waals surface area contributed by atoms with Gasteiger partial charge in [0.2, 0.25) is 0 Å². The summed E-state index contributed by atoms with van der Waals surface area (Å²) < 4.78 is 17.8. The van der Waals surface area contributed by atoms with Gasteiger partial charge in [0.1, 0.15) is 24.7 Å². The van der Waals surface area contributed by atoms with Gasteiger partial charge in [0, 0.05) is 43.6 Å². The summed E-state index contributed by atoms with van der Waals surface area (Å²) in [6.45, 7) is 9.05. The molecule has 8 heteroatoms. The molecule has 268 valence electrons. The fourth-order valence-corrected chi connectivity index (χ4v) is 6.29. The normalized spacial score (nSPS) is 13.1. The minimum absolute atomic E-state index is 0.0719. The minimum Gasteiger partial charge on any atom is -0.488 e. The van der Waals surface area contributed by atoms with Gasteiger partial charge in [-0.05, 0) is 77.7 Å². The first-order valence-electron chi connectivity index (χ1n) is 17.8. The number of hydrogen-bond acceptors (Lipinski definition) is 7. The van der Waals surface area contributed by atoms with Crippen molar-refractivity contribution in [1.82, 2.24) is 4.90 Å². The summed E-state index contributed by atoms with van der Waals surface area (Å²) in [6.07, 6.45) is 0. The van der Waals surface area contributed by atoms with Crippen molar-refractivity contribution >= 4 is 23.3 Å². The molecule has 52 heavy (non-hydrogen) atoms. The topological polar surface area (TPSA) is 71.5 Å². The monoisotopic (exact) mass is 697 g/mol. The van der Waals surface area contributed by atoms with E-state index in [0.29, 0.717) is 29.2 Å². The third-order valence-electron chi connectivity index (χ3n) is 9.43. The number of anilines is 2. The summed E-state index contributed by atoms with van der Waals surface area (Å²) in [6, 6.07) is 39.1. The number of esters is 1. The highest BCUT2D eigenvalue weighted by Gasteiger charge is 2.26. The molecule has 1 aliphatic rings. The van der Waals surface area contributed by atoms with E-state index in [1.165, 1.54) is 7.11 Å². The van der Waals surface area contributed by atoms with Crippen molar-refractivity contribution < 1.29 is 23.8 Å². The van der Waals surface area contributed by atoms with Crippen LogP contribution in [-0.4, -0.2) is 57.1 Å². The smallest absolute Gasteiger partial charge is 0.337 e. The second-order valence-electron chi connectivity index (χ2n) is 13.5. The van der Waals surface area contributed by atoms with E-state index in [-0.39, 0.29) is 25.0 Å². The Kier molecular flexibility index (Phi) is 11.9. The van der Waals surface area contributed by atoms with Crippen LogP contribution >= 0.6 is 0 Å². The number of hydrogen-bond donors (Lipinski definition) is 0. The zero-order valence-corrected chi connectivity index (χ0v) is 30.5. The van der Waals surface area contributed by atoms with Crippen LogP contribution in [0.1, 0.15) is 62.7 Å². The van der Waals surface area contributed by atoms with Gasteiger partial charge in [-0.3, -0.25) is 4.79 Å². The predicted molar refractivity (Wildman–Crippen MR) is 207 cm³/mol. The molecule has 0 spiro atoms. The number of methoxy groups -OCH3 is 1. The number of amides is 1. The summed E-state index contributed by atoms with van der Waals surface area (Å²) in [5, 5.41) is 0. The van der Waals surface area contributed by atoms with Gasteiger partial charge in [0.15, 0.2) is 0 Å².